The number of benzene rings is 2. The van der Waals surface area contributed by atoms with E-state index in [0.717, 1.165) is 22.3 Å². The Kier molecular flexibility index (Phi) is 3.35. The molecule has 0 atom stereocenters. The second kappa shape index (κ2) is 5.66. The zero-order valence-electron chi connectivity index (χ0n) is 13.1. The van der Waals surface area contributed by atoms with Crippen LogP contribution in [0, 0.1) is 6.92 Å². The fourth-order valence-corrected chi connectivity index (χ4v) is 2.67. The van der Waals surface area contributed by atoms with Crippen LogP contribution in [0.4, 0.5) is 17.2 Å². The second-order valence-corrected chi connectivity index (χ2v) is 5.56. The topological polar surface area (TPSA) is 81.7 Å². The lowest BCUT2D eigenvalue weighted by atomic mass is 10.2. The van der Waals surface area contributed by atoms with E-state index in [-0.39, 0.29) is 0 Å². The van der Waals surface area contributed by atoms with Crippen LogP contribution in [0.25, 0.3) is 16.9 Å². The Bertz CT molecular complexity index is 1020. The number of hydrogen-bond acceptors (Lipinski definition) is 5. The van der Waals surface area contributed by atoms with Crippen molar-refractivity contribution in [3.05, 3.63) is 66.7 Å². The van der Waals surface area contributed by atoms with E-state index in [1.54, 1.807) is 6.33 Å². The van der Waals surface area contributed by atoms with Crippen LogP contribution >= 0.6 is 0 Å². The van der Waals surface area contributed by atoms with Crippen LogP contribution in [0.5, 0.6) is 0 Å². The molecule has 6 nitrogen and oxygen atoms in total. The van der Waals surface area contributed by atoms with Gasteiger partial charge in [0.15, 0.2) is 11.6 Å². The van der Waals surface area contributed by atoms with E-state index >= 15 is 0 Å². The minimum Gasteiger partial charge on any atom is -0.393 e. The summed E-state index contributed by atoms with van der Waals surface area (Å²) in [6, 6.07) is 15.9. The van der Waals surface area contributed by atoms with E-state index < -0.39 is 0 Å². The van der Waals surface area contributed by atoms with Gasteiger partial charge in [-0.05, 0) is 36.8 Å². The number of nitrogens with one attached hydrogen (secondary N) is 1. The van der Waals surface area contributed by atoms with Gasteiger partial charge in [-0.15, -0.1) is 0 Å². The molecule has 0 saturated carbocycles. The molecular formula is C18H16N6. The number of anilines is 3. The van der Waals surface area contributed by atoms with Crippen molar-refractivity contribution >= 4 is 28.2 Å². The molecule has 2 aromatic heterocycles. The molecule has 2 heterocycles. The summed E-state index contributed by atoms with van der Waals surface area (Å²) in [6.45, 7) is 2.04. The number of nitrogen functional groups attached to an aromatic ring is 1. The van der Waals surface area contributed by atoms with Crippen LogP contribution in [0.15, 0.2) is 61.2 Å². The van der Waals surface area contributed by atoms with Gasteiger partial charge in [0.05, 0.1) is 11.0 Å². The van der Waals surface area contributed by atoms with Crippen molar-refractivity contribution in [2.75, 3.05) is 11.1 Å². The molecular weight excluding hydrogens is 300 g/mol. The van der Waals surface area contributed by atoms with Gasteiger partial charge in [-0.2, -0.15) is 0 Å². The average Bonchev–Trinajstić information content (AvgIpc) is 3.01. The van der Waals surface area contributed by atoms with E-state index in [9.17, 15) is 0 Å². The molecule has 0 radical (unpaired) electrons. The molecule has 3 N–H and O–H groups in total. The van der Waals surface area contributed by atoms with E-state index in [1.807, 2.05) is 60.0 Å². The van der Waals surface area contributed by atoms with Crippen molar-refractivity contribution in [2.45, 2.75) is 6.92 Å². The van der Waals surface area contributed by atoms with Crippen molar-refractivity contribution in [2.24, 2.45) is 0 Å². The zero-order chi connectivity index (χ0) is 16.5. The molecule has 0 aliphatic heterocycles. The van der Waals surface area contributed by atoms with Crippen LogP contribution in [-0.2, 0) is 0 Å². The van der Waals surface area contributed by atoms with E-state index in [2.05, 4.69) is 20.3 Å². The summed E-state index contributed by atoms with van der Waals surface area (Å²) in [5.74, 6) is 1.18. The molecule has 0 spiro atoms. The molecule has 0 bridgehead atoms. The van der Waals surface area contributed by atoms with Crippen LogP contribution in [0.1, 0.15) is 5.56 Å². The lowest BCUT2D eigenvalue weighted by Crippen LogP contribution is -2.07. The molecule has 0 amide bonds. The Hall–Kier alpha value is -3.41. The van der Waals surface area contributed by atoms with Crippen LogP contribution in [0.2, 0.25) is 0 Å². The summed E-state index contributed by atoms with van der Waals surface area (Å²) in [4.78, 5) is 13.0. The van der Waals surface area contributed by atoms with Gasteiger partial charge in [-0.3, -0.25) is 4.57 Å². The fourth-order valence-electron chi connectivity index (χ4n) is 2.67. The number of aromatic nitrogens is 4. The first-order valence-electron chi connectivity index (χ1n) is 7.59. The predicted octanol–water partition coefficient (Wildman–Crippen LogP) is 3.45. The number of para-hydroxylation sites is 2. The van der Waals surface area contributed by atoms with Gasteiger partial charge in [-0.1, -0.05) is 24.3 Å². The largest absolute Gasteiger partial charge is 0.393 e. The minimum atomic E-state index is 0.474. The van der Waals surface area contributed by atoms with E-state index in [1.165, 1.54) is 6.33 Å². The van der Waals surface area contributed by atoms with Crippen molar-refractivity contribution < 1.29 is 0 Å². The fraction of sp³-hybridized carbons (Fsp3) is 0.0556. The van der Waals surface area contributed by atoms with Crippen LogP contribution < -0.4 is 11.1 Å². The Labute approximate surface area is 139 Å². The number of nitrogens with two attached hydrogens (primary N) is 1. The first-order chi connectivity index (χ1) is 11.7. The summed E-state index contributed by atoms with van der Waals surface area (Å²) < 4.78 is 1.87. The standard InChI is InChI=1S/C18H16N6/c1-12-5-4-6-13(9-12)23-17-16(19)18(21-10-20-17)24-11-22-14-7-2-3-8-15(14)24/h2-11H,19H2,1H3,(H,20,21,23). The quantitative estimate of drug-likeness (QED) is 0.605. The van der Waals surface area contributed by atoms with Crippen molar-refractivity contribution in [1.29, 1.82) is 0 Å². The summed E-state index contributed by atoms with van der Waals surface area (Å²) in [6.07, 6.45) is 3.22. The monoisotopic (exact) mass is 316 g/mol. The third-order valence-corrected chi connectivity index (χ3v) is 3.83. The average molecular weight is 316 g/mol. The summed E-state index contributed by atoms with van der Waals surface area (Å²) in [7, 11) is 0. The van der Waals surface area contributed by atoms with Gasteiger partial charge in [-0.25, -0.2) is 15.0 Å². The maximum atomic E-state index is 6.32. The van der Waals surface area contributed by atoms with Gasteiger partial charge in [0.2, 0.25) is 0 Å². The molecule has 4 aromatic rings. The highest BCUT2D eigenvalue weighted by Gasteiger charge is 2.12. The van der Waals surface area contributed by atoms with Crippen molar-refractivity contribution in [3.8, 4) is 5.82 Å². The lowest BCUT2D eigenvalue weighted by molar-refractivity contribution is 1.00. The van der Waals surface area contributed by atoms with Crippen LogP contribution in [-0.4, -0.2) is 19.5 Å². The highest BCUT2D eigenvalue weighted by Crippen LogP contribution is 2.27. The molecule has 0 saturated heterocycles. The third kappa shape index (κ3) is 2.44. The zero-order valence-corrected chi connectivity index (χ0v) is 13.1. The predicted molar refractivity (Wildman–Crippen MR) is 95.5 cm³/mol. The molecule has 6 heteroatoms. The highest BCUT2D eigenvalue weighted by molar-refractivity contribution is 5.81. The molecule has 0 fully saturated rings. The number of aryl methyl sites for hydroxylation is 1. The molecule has 4 rings (SSSR count). The number of rotatable bonds is 3. The van der Waals surface area contributed by atoms with Gasteiger partial charge < -0.3 is 11.1 Å². The van der Waals surface area contributed by atoms with Gasteiger partial charge >= 0.3 is 0 Å². The Morgan fingerprint density at radius 1 is 1.00 bits per heavy atom. The summed E-state index contributed by atoms with van der Waals surface area (Å²) >= 11 is 0. The summed E-state index contributed by atoms with van der Waals surface area (Å²) in [5.41, 5.74) is 10.7. The normalized spacial score (nSPS) is 10.9. The second-order valence-electron chi connectivity index (χ2n) is 5.56. The van der Waals surface area contributed by atoms with E-state index in [4.69, 9.17) is 5.73 Å². The third-order valence-electron chi connectivity index (χ3n) is 3.83. The van der Waals surface area contributed by atoms with Gasteiger partial charge in [0, 0.05) is 5.69 Å². The highest BCUT2D eigenvalue weighted by atomic mass is 15.2. The molecule has 0 unspecified atom stereocenters. The number of imidazole rings is 1. The maximum absolute atomic E-state index is 6.32. The van der Waals surface area contributed by atoms with Crippen LogP contribution in [0.3, 0.4) is 0 Å². The lowest BCUT2D eigenvalue weighted by Gasteiger charge is -2.12. The molecule has 24 heavy (non-hydrogen) atoms. The number of hydrogen-bond donors (Lipinski definition) is 2. The van der Waals surface area contributed by atoms with E-state index in [0.29, 0.717) is 17.3 Å². The Morgan fingerprint density at radius 3 is 2.75 bits per heavy atom. The maximum Gasteiger partial charge on any atom is 0.167 e. The first kappa shape index (κ1) is 14.2. The first-order valence-corrected chi connectivity index (χ1v) is 7.59. The minimum absolute atomic E-state index is 0.474. The van der Waals surface area contributed by atoms with Crippen molar-refractivity contribution in [1.82, 2.24) is 19.5 Å². The molecule has 0 aliphatic rings. The summed E-state index contributed by atoms with van der Waals surface area (Å²) in [5, 5.41) is 3.25. The van der Waals surface area contributed by atoms with Gasteiger partial charge in [0.1, 0.15) is 18.3 Å². The molecule has 118 valence electrons. The SMILES string of the molecule is Cc1cccc(Nc2ncnc(-n3cnc4ccccc43)c2N)c1. The van der Waals surface area contributed by atoms with Crippen molar-refractivity contribution in [3.63, 3.8) is 0 Å². The molecule has 0 aliphatic carbocycles. The smallest absolute Gasteiger partial charge is 0.167 e. The molecule has 2 aromatic carbocycles. The Morgan fingerprint density at radius 2 is 1.88 bits per heavy atom. The van der Waals surface area contributed by atoms with Gasteiger partial charge in [0.25, 0.3) is 0 Å². The number of nitrogens with zero attached hydrogens (tertiary/aromatic N) is 4. The Balaban J connectivity index is 1.78. The number of fused-ring (bicyclic) bond motifs is 1.